The molecule has 0 bridgehead atoms. The lowest BCUT2D eigenvalue weighted by Gasteiger charge is -2.20. The molecule has 1 amide bonds. The van der Waals surface area contributed by atoms with Gasteiger partial charge in [-0.25, -0.2) is 0 Å². The molecule has 0 saturated heterocycles. The van der Waals surface area contributed by atoms with E-state index in [0.717, 1.165) is 0 Å². The van der Waals surface area contributed by atoms with E-state index in [4.69, 9.17) is 0 Å². The largest absolute Gasteiger partial charge is 0.326 e. The first-order valence-corrected chi connectivity index (χ1v) is 4.83. The molecule has 1 rings (SSSR count). The summed E-state index contributed by atoms with van der Waals surface area (Å²) in [4.78, 5) is 12.4. The average molecular weight is 196 g/mol. The molecular formula is C11H20N2O. The Labute approximate surface area is 86.8 Å². The van der Waals surface area contributed by atoms with Crippen molar-refractivity contribution in [2.75, 3.05) is 0 Å². The zero-order valence-corrected chi connectivity index (χ0v) is 9.50. The van der Waals surface area contributed by atoms with E-state index < -0.39 is 0 Å². The van der Waals surface area contributed by atoms with E-state index in [1.807, 2.05) is 27.7 Å². The van der Waals surface area contributed by atoms with Crippen LogP contribution < -0.4 is 5.32 Å². The maximum absolute atomic E-state index is 10.8. The molecule has 1 heterocycles. The van der Waals surface area contributed by atoms with Crippen molar-refractivity contribution in [1.82, 2.24) is 10.2 Å². The Morgan fingerprint density at radius 3 is 2.21 bits per heavy atom. The molecule has 0 unspecified atom stereocenters. The molecule has 0 spiro atoms. The summed E-state index contributed by atoms with van der Waals surface area (Å²) < 4.78 is 0. The third-order valence-electron chi connectivity index (χ3n) is 1.22. The smallest absolute Gasteiger partial charge is 0.271 e. The minimum Gasteiger partial charge on any atom is -0.326 e. The minimum absolute atomic E-state index is 0.192. The van der Waals surface area contributed by atoms with Crippen LogP contribution in [-0.2, 0) is 4.79 Å². The highest BCUT2D eigenvalue weighted by molar-refractivity contribution is 5.94. The van der Waals surface area contributed by atoms with Crippen LogP contribution in [0.1, 0.15) is 27.7 Å². The van der Waals surface area contributed by atoms with Crippen molar-refractivity contribution >= 4 is 5.91 Å². The molecule has 1 aliphatic rings. The fourth-order valence-electron chi connectivity index (χ4n) is 0.655. The van der Waals surface area contributed by atoms with Gasteiger partial charge in [-0.05, 0) is 0 Å². The molecule has 0 aromatic heterocycles. The van der Waals surface area contributed by atoms with Gasteiger partial charge in [-0.15, -0.1) is 0 Å². The van der Waals surface area contributed by atoms with Crippen molar-refractivity contribution in [2.24, 2.45) is 0 Å². The number of nitrogens with one attached hydrogen (secondary N) is 1. The van der Waals surface area contributed by atoms with E-state index in [2.05, 4.69) is 18.5 Å². The second-order valence-corrected chi connectivity index (χ2v) is 1.83. The Kier molecular flexibility index (Phi) is 10.3. The molecule has 0 saturated carbocycles. The van der Waals surface area contributed by atoms with Gasteiger partial charge in [0.25, 0.3) is 5.91 Å². The summed E-state index contributed by atoms with van der Waals surface area (Å²) in [7, 11) is 0. The van der Waals surface area contributed by atoms with E-state index in [-0.39, 0.29) is 5.91 Å². The summed E-state index contributed by atoms with van der Waals surface area (Å²) in [5.74, 6) is -0.192. The molecule has 1 N–H and O–H groups in total. The van der Waals surface area contributed by atoms with Crippen LogP contribution in [0, 0.1) is 0 Å². The van der Waals surface area contributed by atoms with Crippen molar-refractivity contribution in [3.05, 3.63) is 37.5 Å². The molecule has 0 aromatic rings. The third kappa shape index (κ3) is 4.50. The summed E-state index contributed by atoms with van der Waals surface area (Å²) >= 11 is 0. The number of hydrogen-bond acceptors (Lipinski definition) is 2. The van der Waals surface area contributed by atoms with Crippen LogP contribution in [0.25, 0.3) is 0 Å². The lowest BCUT2D eigenvalue weighted by molar-refractivity contribution is -0.117. The second kappa shape index (κ2) is 9.58. The van der Waals surface area contributed by atoms with Gasteiger partial charge in [0.15, 0.2) is 0 Å². The van der Waals surface area contributed by atoms with Crippen LogP contribution >= 0.6 is 0 Å². The summed E-state index contributed by atoms with van der Waals surface area (Å²) in [6, 6.07) is 0. The van der Waals surface area contributed by atoms with Gasteiger partial charge in [0, 0.05) is 18.6 Å². The third-order valence-corrected chi connectivity index (χ3v) is 1.22. The molecule has 14 heavy (non-hydrogen) atoms. The fraction of sp³-hybridized carbons (Fsp3) is 0.364. The Morgan fingerprint density at radius 1 is 1.36 bits per heavy atom. The maximum Gasteiger partial charge on any atom is 0.271 e. The van der Waals surface area contributed by atoms with Crippen LogP contribution in [0.15, 0.2) is 37.5 Å². The van der Waals surface area contributed by atoms with E-state index in [1.165, 1.54) is 6.20 Å². The molecule has 1 aliphatic heterocycles. The minimum atomic E-state index is -0.192. The predicted molar refractivity (Wildman–Crippen MR) is 61.2 cm³/mol. The monoisotopic (exact) mass is 196 g/mol. The zero-order chi connectivity index (χ0) is 11.6. The van der Waals surface area contributed by atoms with E-state index >= 15 is 0 Å². The molecule has 3 heteroatoms. The molecule has 3 nitrogen and oxygen atoms in total. The summed E-state index contributed by atoms with van der Waals surface area (Å²) in [6.45, 7) is 15.0. The Morgan fingerprint density at radius 2 is 1.86 bits per heavy atom. The lowest BCUT2D eigenvalue weighted by atomic mass is 10.3. The van der Waals surface area contributed by atoms with Gasteiger partial charge in [-0.3, -0.25) is 4.79 Å². The molecule has 0 radical (unpaired) electrons. The van der Waals surface area contributed by atoms with Crippen molar-refractivity contribution < 1.29 is 4.79 Å². The highest BCUT2D eigenvalue weighted by Crippen LogP contribution is 2.06. The first-order chi connectivity index (χ1) is 6.75. The summed E-state index contributed by atoms with van der Waals surface area (Å²) in [5.41, 5.74) is 0.387. The van der Waals surface area contributed by atoms with E-state index in [9.17, 15) is 4.79 Å². The predicted octanol–water partition coefficient (Wildman–Crippen LogP) is 2.60. The standard InChI is InChI=1S/C7H8N2O.2C2H6/c1-3-9-5-4-8-7(10)6(9)2;2*1-2/h3-5H,1-2H2,(H,8,10);2*1-2H3. The maximum atomic E-state index is 10.8. The molecule has 0 aliphatic carbocycles. The van der Waals surface area contributed by atoms with Gasteiger partial charge in [-0.1, -0.05) is 40.9 Å². The first-order valence-electron chi connectivity index (χ1n) is 4.83. The highest BCUT2D eigenvalue weighted by Gasteiger charge is 2.12. The number of rotatable bonds is 1. The number of hydrogen-bond donors (Lipinski definition) is 1. The second-order valence-electron chi connectivity index (χ2n) is 1.83. The van der Waals surface area contributed by atoms with Crippen LogP contribution in [0.2, 0.25) is 0 Å². The normalized spacial score (nSPS) is 13.0. The zero-order valence-electron chi connectivity index (χ0n) is 9.50. The van der Waals surface area contributed by atoms with Crippen LogP contribution in [0.4, 0.5) is 0 Å². The molecule has 0 aromatic carbocycles. The van der Waals surface area contributed by atoms with Gasteiger partial charge in [0.1, 0.15) is 5.70 Å². The quantitative estimate of drug-likeness (QED) is 0.654. The van der Waals surface area contributed by atoms with Gasteiger partial charge in [-0.2, -0.15) is 0 Å². The van der Waals surface area contributed by atoms with Crippen molar-refractivity contribution in [3.8, 4) is 0 Å². The van der Waals surface area contributed by atoms with Crippen LogP contribution in [0.5, 0.6) is 0 Å². The van der Waals surface area contributed by atoms with Gasteiger partial charge >= 0.3 is 0 Å². The Hall–Kier alpha value is -1.51. The van der Waals surface area contributed by atoms with E-state index in [0.29, 0.717) is 5.70 Å². The van der Waals surface area contributed by atoms with Crippen LogP contribution in [-0.4, -0.2) is 10.8 Å². The topological polar surface area (TPSA) is 32.3 Å². The molecular weight excluding hydrogens is 176 g/mol. The van der Waals surface area contributed by atoms with Gasteiger partial charge in [0.05, 0.1) is 0 Å². The fourth-order valence-corrected chi connectivity index (χ4v) is 0.655. The lowest BCUT2D eigenvalue weighted by Crippen LogP contribution is -2.30. The number of carbonyl (C=O) groups excluding carboxylic acids is 1. The van der Waals surface area contributed by atoms with Crippen molar-refractivity contribution in [2.45, 2.75) is 27.7 Å². The average Bonchev–Trinajstić information content (AvgIpc) is 2.28. The SMILES string of the molecule is C=CN1C=CNC(=O)C1=C.CC.CC. The molecule has 0 atom stereocenters. The van der Waals surface area contributed by atoms with Crippen LogP contribution in [0.3, 0.4) is 0 Å². The number of carbonyl (C=O) groups is 1. The number of amides is 1. The Bertz CT molecular complexity index is 219. The highest BCUT2D eigenvalue weighted by atomic mass is 16.2. The molecule has 0 fully saturated rings. The van der Waals surface area contributed by atoms with E-state index in [1.54, 1.807) is 17.3 Å². The number of nitrogens with zero attached hydrogens (tertiary/aromatic N) is 1. The molecule has 80 valence electrons. The van der Waals surface area contributed by atoms with Gasteiger partial charge < -0.3 is 10.2 Å². The first kappa shape index (κ1) is 15.0. The summed E-state index contributed by atoms with van der Waals surface area (Å²) in [5, 5.41) is 2.49. The summed E-state index contributed by atoms with van der Waals surface area (Å²) in [6.07, 6.45) is 4.74. The van der Waals surface area contributed by atoms with Crippen molar-refractivity contribution in [3.63, 3.8) is 0 Å². The Balaban J connectivity index is 0. The van der Waals surface area contributed by atoms with Crippen molar-refractivity contribution in [1.29, 1.82) is 0 Å². The van der Waals surface area contributed by atoms with Gasteiger partial charge in [0.2, 0.25) is 0 Å².